The van der Waals surface area contributed by atoms with Gasteiger partial charge in [-0.15, -0.1) is 0 Å². The van der Waals surface area contributed by atoms with Crippen LogP contribution in [0.1, 0.15) is 48.0 Å². The van der Waals surface area contributed by atoms with E-state index in [1.807, 2.05) is 43.0 Å². The first-order valence-corrected chi connectivity index (χ1v) is 9.25. The molecule has 1 amide bonds. The average molecular weight is 366 g/mol. The first-order chi connectivity index (χ1) is 13.0. The van der Waals surface area contributed by atoms with E-state index in [0.29, 0.717) is 17.6 Å². The van der Waals surface area contributed by atoms with Crippen LogP contribution in [0, 0.1) is 13.8 Å². The molecular weight excluding hydrogens is 344 g/mol. The number of likely N-dealkylation sites (tertiary alicyclic amines) is 1. The molecule has 2 aromatic heterocycles. The Morgan fingerprint density at radius 2 is 2.15 bits per heavy atom. The number of benzene rings is 1. The lowest BCUT2D eigenvalue weighted by atomic mass is 10.0. The first kappa shape index (κ1) is 17.5. The van der Waals surface area contributed by atoms with Crippen LogP contribution in [-0.2, 0) is 11.2 Å². The second-order valence-corrected chi connectivity index (χ2v) is 7.01. The molecule has 1 aliphatic heterocycles. The summed E-state index contributed by atoms with van der Waals surface area (Å²) < 4.78 is 5.28. The zero-order valence-corrected chi connectivity index (χ0v) is 15.5. The minimum atomic E-state index is -0.231. The fourth-order valence-corrected chi connectivity index (χ4v) is 3.94. The molecule has 7 nitrogen and oxygen atoms in total. The number of rotatable bonds is 4. The van der Waals surface area contributed by atoms with Gasteiger partial charge in [0.1, 0.15) is 11.5 Å². The molecule has 0 radical (unpaired) electrons. The second-order valence-electron chi connectivity index (χ2n) is 7.01. The van der Waals surface area contributed by atoms with Crippen LogP contribution in [0.25, 0.3) is 11.0 Å². The highest BCUT2D eigenvalue weighted by atomic mass is 16.5. The lowest BCUT2D eigenvalue weighted by molar-refractivity contribution is -0.132. The van der Waals surface area contributed by atoms with Gasteiger partial charge in [-0.25, -0.2) is 4.98 Å². The Labute approximate surface area is 156 Å². The maximum atomic E-state index is 12.9. The molecule has 0 saturated carbocycles. The molecule has 0 unspecified atom stereocenters. The highest BCUT2D eigenvalue weighted by Gasteiger charge is 2.33. The SMILES string of the molecule is Cc1noc(C)c1[C@@H]1CCCN1C(=O)CCc1nc2ccccc2[nH]c1=O. The molecule has 140 valence electrons. The van der Waals surface area contributed by atoms with Crippen molar-refractivity contribution in [2.75, 3.05) is 6.54 Å². The molecule has 1 aromatic carbocycles. The van der Waals surface area contributed by atoms with Gasteiger partial charge >= 0.3 is 0 Å². The van der Waals surface area contributed by atoms with Crippen LogP contribution in [0.4, 0.5) is 0 Å². The summed E-state index contributed by atoms with van der Waals surface area (Å²) in [5.74, 6) is 0.802. The number of nitrogens with one attached hydrogen (secondary N) is 1. The van der Waals surface area contributed by atoms with Crippen LogP contribution >= 0.6 is 0 Å². The summed E-state index contributed by atoms with van der Waals surface area (Å²) in [5.41, 5.74) is 3.46. The quantitative estimate of drug-likeness (QED) is 0.766. The van der Waals surface area contributed by atoms with Crippen LogP contribution in [0.5, 0.6) is 0 Å². The van der Waals surface area contributed by atoms with Gasteiger partial charge in [0.25, 0.3) is 5.56 Å². The van der Waals surface area contributed by atoms with Crippen molar-refractivity contribution in [2.45, 2.75) is 45.6 Å². The predicted octanol–water partition coefficient (Wildman–Crippen LogP) is 2.82. The fraction of sp³-hybridized carbons (Fsp3) is 0.400. The number of para-hydroxylation sites is 2. The maximum absolute atomic E-state index is 12.9. The van der Waals surface area contributed by atoms with Gasteiger partial charge in [0.15, 0.2) is 0 Å². The molecule has 4 rings (SSSR count). The van der Waals surface area contributed by atoms with Crippen molar-refractivity contribution < 1.29 is 9.32 Å². The van der Waals surface area contributed by atoms with Gasteiger partial charge in [-0.3, -0.25) is 9.59 Å². The van der Waals surface area contributed by atoms with Gasteiger partial charge in [-0.2, -0.15) is 0 Å². The van der Waals surface area contributed by atoms with E-state index >= 15 is 0 Å². The van der Waals surface area contributed by atoms with Crippen molar-refractivity contribution >= 4 is 16.9 Å². The average Bonchev–Trinajstić information content (AvgIpc) is 3.26. The monoisotopic (exact) mass is 366 g/mol. The summed E-state index contributed by atoms with van der Waals surface area (Å²) in [4.78, 5) is 34.3. The summed E-state index contributed by atoms with van der Waals surface area (Å²) in [7, 11) is 0. The highest BCUT2D eigenvalue weighted by Crippen LogP contribution is 2.35. The Hall–Kier alpha value is -2.96. The number of carbonyl (C=O) groups is 1. The lowest BCUT2D eigenvalue weighted by Gasteiger charge is -2.24. The molecule has 1 atom stereocenters. The van der Waals surface area contributed by atoms with Crippen molar-refractivity contribution in [1.29, 1.82) is 0 Å². The summed E-state index contributed by atoms with van der Waals surface area (Å²) in [6, 6.07) is 7.40. The molecule has 0 aliphatic carbocycles. The van der Waals surface area contributed by atoms with Crippen LogP contribution in [0.3, 0.4) is 0 Å². The van der Waals surface area contributed by atoms with Gasteiger partial charge in [0.2, 0.25) is 5.91 Å². The van der Waals surface area contributed by atoms with E-state index in [9.17, 15) is 9.59 Å². The van der Waals surface area contributed by atoms with E-state index in [-0.39, 0.29) is 23.9 Å². The summed E-state index contributed by atoms with van der Waals surface area (Å²) in [5, 5.41) is 4.02. The normalized spacial score (nSPS) is 17.0. The number of amides is 1. The lowest BCUT2D eigenvalue weighted by Crippen LogP contribution is -2.31. The minimum Gasteiger partial charge on any atom is -0.361 e. The Morgan fingerprint density at radius 1 is 1.33 bits per heavy atom. The zero-order chi connectivity index (χ0) is 19.0. The number of H-pyrrole nitrogens is 1. The molecule has 1 saturated heterocycles. The molecule has 27 heavy (non-hydrogen) atoms. The van der Waals surface area contributed by atoms with Crippen molar-refractivity contribution in [3.8, 4) is 0 Å². The van der Waals surface area contributed by atoms with E-state index in [0.717, 1.165) is 41.9 Å². The Kier molecular flexibility index (Phi) is 4.51. The number of nitrogens with zero attached hydrogens (tertiary/aromatic N) is 3. The smallest absolute Gasteiger partial charge is 0.270 e. The largest absolute Gasteiger partial charge is 0.361 e. The van der Waals surface area contributed by atoms with Crippen LogP contribution in [0.15, 0.2) is 33.6 Å². The van der Waals surface area contributed by atoms with E-state index in [1.165, 1.54) is 0 Å². The van der Waals surface area contributed by atoms with Gasteiger partial charge in [0, 0.05) is 24.9 Å². The van der Waals surface area contributed by atoms with E-state index < -0.39 is 0 Å². The third-order valence-electron chi connectivity index (χ3n) is 5.24. The molecule has 0 spiro atoms. The molecule has 7 heteroatoms. The summed E-state index contributed by atoms with van der Waals surface area (Å²) >= 11 is 0. The predicted molar refractivity (Wildman–Crippen MR) is 100 cm³/mol. The molecule has 0 bridgehead atoms. The zero-order valence-electron chi connectivity index (χ0n) is 15.5. The van der Waals surface area contributed by atoms with Crippen LogP contribution in [0.2, 0.25) is 0 Å². The van der Waals surface area contributed by atoms with Crippen molar-refractivity contribution in [3.63, 3.8) is 0 Å². The summed E-state index contributed by atoms with van der Waals surface area (Å²) in [6.45, 7) is 4.51. The third-order valence-corrected chi connectivity index (χ3v) is 5.24. The maximum Gasteiger partial charge on any atom is 0.270 e. The number of aryl methyl sites for hydroxylation is 3. The number of hydrogen-bond donors (Lipinski definition) is 1. The minimum absolute atomic E-state index is 0.00611. The molecule has 1 N–H and O–H groups in total. The molecular formula is C20H22N4O3. The number of carbonyl (C=O) groups excluding carboxylic acids is 1. The molecule has 3 heterocycles. The van der Waals surface area contributed by atoms with Gasteiger partial charge in [-0.1, -0.05) is 17.3 Å². The van der Waals surface area contributed by atoms with Crippen molar-refractivity contribution in [3.05, 3.63) is 57.3 Å². The molecule has 3 aromatic rings. The van der Waals surface area contributed by atoms with Gasteiger partial charge in [-0.05, 0) is 38.8 Å². The number of aromatic nitrogens is 3. The van der Waals surface area contributed by atoms with Crippen molar-refractivity contribution in [1.82, 2.24) is 20.0 Å². The van der Waals surface area contributed by atoms with Gasteiger partial charge in [0.05, 0.1) is 22.8 Å². The van der Waals surface area contributed by atoms with Crippen LogP contribution < -0.4 is 5.56 Å². The molecule has 1 aliphatic rings. The Morgan fingerprint density at radius 3 is 2.93 bits per heavy atom. The van der Waals surface area contributed by atoms with E-state index in [2.05, 4.69) is 15.1 Å². The Bertz CT molecular complexity index is 1030. The highest BCUT2D eigenvalue weighted by molar-refractivity contribution is 5.77. The number of fused-ring (bicyclic) bond motifs is 1. The van der Waals surface area contributed by atoms with E-state index in [1.54, 1.807) is 0 Å². The topological polar surface area (TPSA) is 92.1 Å². The second kappa shape index (κ2) is 6.98. The molecule has 1 fully saturated rings. The third kappa shape index (κ3) is 3.25. The van der Waals surface area contributed by atoms with Crippen molar-refractivity contribution in [2.24, 2.45) is 0 Å². The fourth-order valence-electron chi connectivity index (χ4n) is 3.94. The first-order valence-electron chi connectivity index (χ1n) is 9.25. The van der Waals surface area contributed by atoms with Gasteiger partial charge < -0.3 is 14.4 Å². The standard InChI is InChI=1S/C20H22N4O3/c1-12-19(13(2)27-23-12)17-8-5-11-24(17)18(25)10-9-16-20(26)22-15-7-4-3-6-14(15)21-16/h3-4,6-7,17H,5,8-11H2,1-2H3,(H,22,26)/t17-/m0/s1. The van der Waals surface area contributed by atoms with Crippen LogP contribution in [-0.4, -0.2) is 32.5 Å². The van der Waals surface area contributed by atoms with E-state index in [4.69, 9.17) is 4.52 Å². The number of aromatic amines is 1. The Balaban J connectivity index is 1.51. The summed E-state index contributed by atoms with van der Waals surface area (Å²) in [6.07, 6.45) is 2.44. The number of hydrogen-bond acceptors (Lipinski definition) is 5.